The highest BCUT2D eigenvalue weighted by molar-refractivity contribution is 5.71. The van der Waals surface area contributed by atoms with Gasteiger partial charge in [-0.1, -0.05) is 0 Å². The molecule has 0 spiro atoms. The summed E-state index contributed by atoms with van der Waals surface area (Å²) >= 11 is 0. The van der Waals surface area contributed by atoms with E-state index in [-0.39, 0.29) is 0 Å². The first-order chi connectivity index (χ1) is 13.2. The van der Waals surface area contributed by atoms with Crippen molar-refractivity contribution in [3.05, 3.63) is 10.4 Å². The summed E-state index contributed by atoms with van der Waals surface area (Å²) in [6.45, 7) is -7.20. The Hall–Kier alpha value is -2.85. The molecule has 0 aromatic rings. The lowest BCUT2D eigenvalue weighted by atomic mass is 10.3. The van der Waals surface area contributed by atoms with E-state index >= 15 is 0 Å². The fraction of sp³-hybridized carbons (Fsp3) is 0.643. The Morgan fingerprint density at radius 1 is 0.586 bits per heavy atom. The highest BCUT2D eigenvalue weighted by atomic mass is 16.6. The Kier molecular flexibility index (Phi) is 10.1. The molecule has 0 aliphatic carbocycles. The second-order valence-corrected chi connectivity index (χ2v) is 6.44. The highest BCUT2D eigenvalue weighted by Crippen LogP contribution is 2.08. The van der Waals surface area contributed by atoms with Crippen LogP contribution in [0.1, 0.15) is 0 Å². The van der Waals surface area contributed by atoms with Gasteiger partial charge in [0.25, 0.3) is 0 Å². The Morgan fingerprint density at radius 3 is 1.07 bits per heavy atom. The minimum absolute atomic E-state index is 0.420. The number of aliphatic carboxylic acids is 5. The van der Waals surface area contributed by atoms with Crippen molar-refractivity contribution >= 4 is 29.8 Å². The lowest BCUT2D eigenvalue weighted by molar-refractivity contribution is -0.868. The fourth-order valence-electron chi connectivity index (χ4n) is 2.52. The molecule has 0 rings (SSSR count). The molecule has 166 valence electrons. The van der Waals surface area contributed by atoms with Gasteiger partial charge in [0.1, 0.15) is 0 Å². The first kappa shape index (κ1) is 26.1. The first-order valence-corrected chi connectivity index (χ1v) is 8.12. The van der Waals surface area contributed by atoms with E-state index in [1.165, 1.54) is 0 Å². The summed E-state index contributed by atoms with van der Waals surface area (Å²) in [6, 6.07) is 0. The topological polar surface area (TPSA) is 236 Å². The van der Waals surface area contributed by atoms with Gasteiger partial charge < -0.3 is 45.2 Å². The van der Waals surface area contributed by atoms with Crippen LogP contribution in [0.3, 0.4) is 0 Å². The third kappa shape index (κ3) is 12.3. The largest absolute Gasteiger partial charge is 0.632 e. The Morgan fingerprint density at radius 2 is 0.862 bits per heavy atom. The summed E-state index contributed by atoms with van der Waals surface area (Å²) in [6.07, 6.45) is 0. The number of hydrogen-bond acceptors (Lipinski definition) is 8. The number of carboxylic acids is 5. The van der Waals surface area contributed by atoms with Crippen molar-refractivity contribution < 1.29 is 58.8 Å². The van der Waals surface area contributed by atoms with E-state index in [1.807, 2.05) is 0 Å². The Labute approximate surface area is 163 Å². The number of nitrogens with zero attached hydrogens (tertiary/aromatic N) is 3. The van der Waals surface area contributed by atoms with Crippen molar-refractivity contribution in [2.24, 2.45) is 0 Å². The lowest BCUT2D eigenvalue weighted by Crippen LogP contribution is -2.55. The summed E-state index contributed by atoms with van der Waals surface area (Å²) in [5, 5.41) is 68.8. The minimum atomic E-state index is -1.69. The molecule has 0 aromatic carbocycles. The molecule has 0 heterocycles. The number of carbonyl (C=O) groups is 5. The normalized spacial score (nSPS) is 12.0. The number of rotatable bonds is 16. The molecular formula is C14H23N3O12. The Balaban J connectivity index is 5.25. The standard InChI is InChI=1S/C14H23N3O12/c18-10(19)5-15(1-3-16(28,6-11(20)21)7-12(22)23)2-4-17(29,8-13(24)25)9-14(26)27/h1-9H2,(H,18,19)(H,20,21)(H,22,23)(H,24,25)(H,26,27). The molecule has 0 aromatic heterocycles. The van der Waals surface area contributed by atoms with Gasteiger partial charge in [-0.05, 0) is 0 Å². The molecule has 0 saturated heterocycles. The predicted molar refractivity (Wildman–Crippen MR) is 91.1 cm³/mol. The Bertz CT molecular complexity index is 559. The van der Waals surface area contributed by atoms with E-state index < -0.39 is 98.0 Å². The zero-order valence-corrected chi connectivity index (χ0v) is 15.3. The molecule has 0 bridgehead atoms. The van der Waals surface area contributed by atoms with Gasteiger partial charge in [0.15, 0.2) is 26.2 Å². The molecule has 0 atom stereocenters. The van der Waals surface area contributed by atoms with Crippen LogP contribution in [-0.2, 0) is 24.0 Å². The summed E-state index contributed by atoms with van der Waals surface area (Å²) < 4.78 is -3.38. The molecule has 15 heteroatoms. The van der Waals surface area contributed by atoms with Crippen LogP contribution in [0.4, 0.5) is 0 Å². The van der Waals surface area contributed by atoms with E-state index in [4.69, 9.17) is 25.5 Å². The average Bonchev–Trinajstić information content (AvgIpc) is 2.46. The van der Waals surface area contributed by atoms with Crippen LogP contribution < -0.4 is 0 Å². The van der Waals surface area contributed by atoms with Crippen LogP contribution in [-0.4, -0.2) is 128 Å². The zero-order valence-electron chi connectivity index (χ0n) is 15.3. The molecule has 0 aliphatic rings. The van der Waals surface area contributed by atoms with Crippen LogP contribution in [0.15, 0.2) is 0 Å². The van der Waals surface area contributed by atoms with Gasteiger partial charge in [-0.2, -0.15) is 0 Å². The van der Waals surface area contributed by atoms with Crippen molar-refractivity contribution in [1.82, 2.24) is 4.90 Å². The van der Waals surface area contributed by atoms with Crippen molar-refractivity contribution in [2.75, 3.05) is 58.9 Å². The van der Waals surface area contributed by atoms with E-state index in [2.05, 4.69) is 0 Å². The summed E-state index contributed by atoms with van der Waals surface area (Å²) in [5.41, 5.74) is 0. The van der Waals surface area contributed by atoms with Gasteiger partial charge in [0.05, 0.1) is 19.6 Å². The maximum absolute atomic E-state index is 12.4. The summed E-state index contributed by atoms with van der Waals surface area (Å²) in [5.74, 6) is -7.65. The maximum atomic E-state index is 12.4. The molecule has 29 heavy (non-hydrogen) atoms. The molecule has 5 N–H and O–H groups in total. The molecule has 15 nitrogen and oxygen atoms in total. The maximum Gasteiger partial charge on any atom is 0.359 e. The van der Waals surface area contributed by atoms with Gasteiger partial charge in [0.2, 0.25) is 0 Å². The highest BCUT2D eigenvalue weighted by Gasteiger charge is 2.28. The number of hydrogen-bond donors (Lipinski definition) is 5. The van der Waals surface area contributed by atoms with Crippen molar-refractivity contribution in [2.45, 2.75) is 0 Å². The van der Waals surface area contributed by atoms with Crippen molar-refractivity contribution in [3.63, 3.8) is 0 Å². The number of hydroxylamine groups is 6. The SMILES string of the molecule is O=C(O)CN(CC[N+]([O-])(CC(=O)O)CC(=O)O)CC[N+]([O-])(CC(=O)O)CC(=O)O. The monoisotopic (exact) mass is 425 g/mol. The second-order valence-electron chi connectivity index (χ2n) is 6.44. The van der Waals surface area contributed by atoms with E-state index in [0.717, 1.165) is 4.90 Å². The third-order valence-electron chi connectivity index (χ3n) is 3.70. The third-order valence-corrected chi connectivity index (χ3v) is 3.70. The predicted octanol–water partition coefficient (Wildman–Crippen LogP) is -2.66. The number of carboxylic acid groups (broad SMARTS) is 5. The molecule has 0 amide bonds. The first-order valence-electron chi connectivity index (χ1n) is 8.12. The van der Waals surface area contributed by atoms with Gasteiger partial charge in [0, 0.05) is 13.1 Å². The average molecular weight is 425 g/mol. The minimum Gasteiger partial charge on any atom is -0.632 e. The van der Waals surface area contributed by atoms with Gasteiger partial charge in [-0.15, -0.1) is 0 Å². The molecule has 0 unspecified atom stereocenters. The molecule has 0 aliphatic heterocycles. The molecule has 0 radical (unpaired) electrons. The van der Waals surface area contributed by atoms with E-state index in [9.17, 15) is 34.4 Å². The van der Waals surface area contributed by atoms with E-state index in [0.29, 0.717) is 0 Å². The molecular weight excluding hydrogens is 402 g/mol. The fourth-order valence-corrected chi connectivity index (χ4v) is 2.52. The summed E-state index contributed by atoms with van der Waals surface area (Å²) in [7, 11) is 0. The zero-order chi connectivity index (χ0) is 22.8. The van der Waals surface area contributed by atoms with Crippen LogP contribution >= 0.6 is 0 Å². The quantitative estimate of drug-likeness (QED) is 0.125. The summed E-state index contributed by atoms with van der Waals surface area (Å²) in [4.78, 5) is 55.2. The van der Waals surface area contributed by atoms with Crippen molar-refractivity contribution in [3.8, 4) is 0 Å². The van der Waals surface area contributed by atoms with Crippen LogP contribution in [0.25, 0.3) is 0 Å². The van der Waals surface area contributed by atoms with Gasteiger partial charge in [-0.25, -0.2) is 19.2 Å². The van der Waals surface area contributed by atoms with Gasteiger partial charge >= 0.3 is 29.8 Å². The lowest BCUT2D eigenvalue weighted by Gasteiger charge is -2.42. The van der Waals surface area contributed by atoms with E-state index in [1.54, 1.807) is 0 Å². The van der Waals surface area contributed by atoms with Crippen LogP contribution in [0, 0.1) is 10.4 Å². The van der Waals surface area contributed by atoms with Crippen LogP contribution in [0.2, 0.25) is 0 Å². The molecule has 0 fully saturated rings. The smallest absolute Gasteiger partial charge is 0.359 e. The van der Waals surface area contributed by atoms with Gasteiger partial charge in [-0.3, -0.25) is 9.69 Å². The van der Waals surface area contributed by atoms with Crippen LogP contribution in [0.5, 0.6) is 0 Å². The second kappa shape index (κ2) is 11.2. The number of quaternary nitrogens is 2. The molecule has 0 saturated carbocycles. The van der Waals surface area contributed by atoms with Crippen molar-refractivity contribution in [1.29, 1.82) is 0 Å².